The molecule has 0 bridgehead atoms. The lowest BCUT2D eigenvalue weighted by molar-refractivity contribution is -0.130. The van der Waals surface area contributed by atoms with Gasteiger partial charge in [0.05, 0.1) is 5.02 Å². The molecule has 5 heteroatoms. The summed E-state index contributed by atoms with van der Waals surface area (Å²) >= 11 is 8.10. The van der Waals surface area contributed by atoms with Crippen LogP contribution in [0, 0.1) is 0 Å². The van der Waals surface area contributed by atoms with Crippen LogP contribution < -0.4 is 5.32 Å². The van der Waals surface area contributed by atoms with Gasteiger partial charge >= 0.3 is 0 Å². The van der Waals surface area contributed by atoms with Crippen molar-refractivity contribution < 1.29 is 4.79 Å². The maximum Gasteiger partial charge on any atom is 0.223 e. The van der Waals surface area contributed by atoms with Crippen LogP contribution in [0.1, 0.15) is 25.1 Å². The molecule has 0 radical (unpaired) electrons. The largest absolute Gasteiger partial charge is 0.343 e. The molecule has 1 aromatic carbocycles. The van der Waals surface area contributed by atoms with Gasteiger partial charge in [-0.2, -0.15) is 0 Å². The molecule has 0 aliphatic carbocycles. The van der Waals surface area contributed by atoms with E-state index in [9.17, 15) is 4.79 Å². The lowest BCUT2D eigenvalue weighted by atomic mass is 10.2. The minimum Gasteiger partial charge on any atom is -0.343 e. The fraction of sp³-hybridized carbons (Fsp3) is 0.438. The molecule has 0 saturated heterocycles. The minimum atomic E-state index is 0.204. The van der Waals surface area contributed by atoms with E-state index in [1.54, 1.807) is 11.3 Å². The van der Waals surface area contributed by atoms with Gasteiger partial charge in [-0.1, -0.05) is 29.8 Å². The van der Waals surface area contributed by atoms with E-state index in [0.29, 0.717) is 19.5 Å². The molecule has 1 N–H and O–H groups in total. The lowest BCUT2D eigenvalue weighted by Crippen LogP contribution is -2.32. The van der Waals surface area contributed by atoms with Gasteiger partial charge in [-0.15, -0.1) is 11.3 Å². The summed E-state index contributed by atoms with van der Waals surface area (Å²) in [7, 11) is 0. The predicted molar refractivity (Wildman–Crippen MR) is 91.1 cm³/mol. The smallest absolute Gasteiger partial charge is 0.223 e. The molecule has 21 heavy (non-hydrogen) atoms. The van der Waals surface area contributed by atoms with E-state index in [1.807, 2.05) is 36.9 Å². The van der Waals surface area contributed by atoms with Crippen LogP contribution in [0.4, 0.5) is 0 Å². The van der Waals surface area contributed by atoms with Crippen molar-refractivity contribution in [2.75, 3.05) is 19.6 Å². The minimum absolute atomic E-state index is 0.204. The Morgan fingerprint density at radius 2 is 2.00 bits per heavy atom. The van der Waals surface area contributed by atoms with Crippen molar-refractivity contribution in [3.63, 3.8) is 0 Å². The molecule has 3 nitrogen and oxygen atoms in total. The van der Waals surface area contributed by atoms with Crippen LogP contribution >= 0.6 is 22.9 Å². The van der Waals surface area contributed by atoms with Crippen molar-refractivity contribution in [1.29, 1.82) is 0 Å². The van der Waals surface area contributed by atoms with Crippen molar-refractivity contribution in [2.24, 2.45) is 0 Å². The van der Waals surface area contributed by atoms with E-state index in [1.165, 1.54) is 4.70 Å². The third-order valence-corrected chi connectivity index (χ3v) is 5.23. The highest BCUT2D eigenvalue weighted by molar-refractivity contribution is 7.19. The van der Waals surface area contributed by atoms with Gasteiger partial charge in [0.1, 0.15) is 0 Å². The standard InChI is InChI=1S/C16H21ClN2OS/c1-3-19(4-2)15(20)9-10-18-11-14-16(17)12-7-5-6-8-13(12)21-14/h5-8,18H,3-4,9-11H2,1-2H3. The van der Waals surface area contributed by atoms with E-state index in [0.717, 1.165) is 28.4 Å². The summed E-state index contributed by atoms with van der Waals surface area (Å²) in [5.41, 5.74) is 0. The molecule has 1 heterocycles. The second-order valence-electron chi connectivity index (χ2n) is 4.83. The first-order valence-corrected chi connectivity index (χ1v) is 8.51. The molecule has 0 aliphatic heterocycles. The number of thiophene rings is 1. The summed E-state index contributed by atoms with van der Waals surface area (Å²) in [5, 5.41) is 5.26. The number of nitrogens with one attached hydrogen (secondary N) is 1. The van der Waals surface area contributed by atoms with Crippen LogP contribution in [0.25, 0.3) is 10.1 Å². The third-order valence-electron chi connectivity index (χ3n) is 3.52. The first-order chi connectivity index (χ1) is 10.2. The number of fused-ring (bicyclic) bond motifs is 1. The number of carbonyl (C=O) groups is 1. The molecule has 0 aliphatic rings. The number of nitrogens with zero attached hydrogens (tertiary/aromatic N) is 1. The highest BCUT2D eigenvalue weighted by Crippen LogP contribution is 2.34. The van der Waals surface area contributed by atoms with Gasteiger partial charge in [0.15, 0.2) is 0 Å². The molecule has 0 fully saturated rings. The van der Waals surface area contributed by atoms with Crippen LogP contribution in [0.3, 0.4) is 0 Å². The zero-order valence-electron chi connectivity index (χ0n) is 12.5. The highest BCUT2D eigenvalue weighted by Gasteiger charge is 2.11. The van der Waals surface area contributed by atoms with Gasteiger partial charge in [0.2, 0.25) is 5.91 Å². The van der Waals surface area contributed by atoms with E-state index < -0.39 is 0 Å². The SMILES string of the molecule is CCN(CC)C(=O)CCNCc1sc2ccccc2c1Cl. The average molecular weight is 325 g/mol. The maximum atomic E-state index is 11.9. The summed E-state index contributed by atoms with van der Waals surface area (Å²) < 4.78 is 1.21. The zero-order valence-corrected chi connectivity index (χ0v) is 14.1. The number of hydrogen-bond acceptors (Lipinski definition) is 3. The summed E-state index contributed by atoms with van der Waals surface area (Å²) in [4.78, 5) is 14.9. The van der Waals surface area contributed by atoms with E-state index >= 15 is 0 Å². The summed E-state index contributed by atoms with van der Waals surface area (Å²) in [6, 6.07) is 8.15. The molecule has 2 aromatic rings. The number of halogens is 1. The van der Waals surface area contributed by atoms with Crippen LogP contribution in [0.5, 0.6) is 0 Å². The summed E-state index contributed by atoms with van der Waals surface area (Å²) in [6.07, 6.45) is 0.532. The van der Waals surface area contributed by atoms with Crippen molar-refractivity contribution in [1.82, 2.24) is 10.2 Å². The molecule has 0 unspecified atom stereocenters. The topological polar surface area (TPSA) is 32.3 Å². The number of amides is 1. The first-order valence-electron chi connectivity index (χ1n) is 7.31. The average Bonchev–Trinajstić information content (AvgIpc) is 2.82. The van der Waals surface area contributed by atoms with Crippen LogP contribution in [-0.2, 0) is 11.3 Å². The Labute approximate surface area is 134 Å². The van der Waals surface area contributed by atoms with Crippen molar-refractivity contribution in [3.05, 3.63) is 34.2 Å². The first kappa shape index (κ1) is 16.3. The fourth-order valence-electron chi connectivity index (χ4n) is 2.31. The summed E-state index contributed by atoms with van der Waals surface area (Å²) in [6.45, 7) is 6.95. The number of rotatable bonds is 7. The van der Waals surface area contributed by atoms with Crippen LogP contribution in [-0.4, -0.2) is 30.4 Å². The zero-order chi connectivity index (χ0) is 15.2. The Hall–Kier alpha value is -1.10. The molecule has 0 atom stereocenters. The van der Waals surface area contributed by atoms with E-state index in [-0.39, 0.29) is 5.91 Å². The van der Waals surface area contributed by atoms with Crippen molar-refractivity contribution in [3.8, 4) is 0 Å². The van der Waals surface area contributed by atoms with Gasteiger partial charge in [0.25, 0.3) is 0 Å². The van der Waals surface area contributed by atoms with Gasteiger partial charge in [-0.05, 0) is 19.9 Å². The Morgan fingerprint density at radius 1 is 1.29 bits per heavy atom. The molecule has 0 spiro atoms. The van der Waals surface area contributed by atoms with Crippen molar-refractivity contribution in [2.45, 2.75) is 26.8 Å². The Bertz CT molecular complexity index is 607. The molecule has 2 rings (SSSR count). The Balaban J connectivity index is 1.85. The predicted octanol–water partition coefficient (Wildman–Crippen LogP) is 3.90. The van der Waals surface area contributed by atoms with Gasteiger partial charge < -0.3 is 10.2 Å². The Morgan fingerprint density at radius 3 is 2.67 bits per heavy atom. The van der Waals surface area contributed by atoms with E-state index in [4.69, 9.17) is 11.6 Å². The molecule has 1 amide bonds. The second-order valence-corrected chi connectivity index (χ2v) is 6.34. The molecule has 0 saturated carbocycles. The summed E-state index contributed by atoms with van der Waals surface area (Å²) in [5.74, 6) is 0.204. The van der Waals surface area contributed by atoms with Crippen LogP contribution in [0.15, 0.2) is 24.3 Å². The maximum absolute atomic E-state index is 11.9. The molecule has 114 valence electrons. The van der Waals surface area contributed by atoms with Crippen LogP contribution in [0.2, 0.25) is 5.02 Å². The number of hydrogen-bond donors (Lipinski definition) is 1. The molecule has 1 aromatic heterocycles. The molecular formula is C16H21ClN2OS. The highest BCUT2D eigenvalue weighted by atomic mass is 35.5. The third kappa shape index (κ3) is 3.96. The van der Waals surface area contributed by atoms with Gasteiger partial charge in [-0.25, -0.2) is 0 Å². The number of carbonyl (C=O) groups excluding carboxylic acids is 1. The fourth-order valence-corrected chi connectivity index (χ4v) is 3.78. The van der Waals surface area contributed by atoms with Gasteiger partial charge in [0, 0.05) is 47.6 Å². The van der Waals surface area contributed by atoms with E-state index in [2.05, 4.69) is 11.4 Å². The Kier molecular flexibility index (Phi) is 6.03. The second kappa shape index (κ2) is 7.78. The normalized spacial score (nSPS) is 11.0. The number of benzene rings is 1. The quantitative estimate of drug-likeness (QED) is 0.783. The molecular weight excluding hydrogens is 304 g/mol. The van der Waals surface area contributed by atoms with Crippen molar-refractivity contribution >= 4 is 38.9 Å². The lowest BCUT2D eigenvalue weighted by Gasteiger charge is -2.18. The monoisotopic (exact) mass is 324 g/mol. The van der Waals surface area contributed by atoms with Gasteiger partial charge in [-0.3, -0.25) is 4.79 Å².